The molecule has 0 aromatic rings. The molecule has 0 aromatic heterocycles. The van der Waals surface area contributed by atoms with Gasteiger partial charge >= 0.3 is 0 Å². The van der Waals surface area contributed by atoms with Crippen LogP contribution in [0.4, 0.5) is 0 Å². The second-order valence-electron chi connectivity index (χ2n) is 4.61. The van der Waals surface area contributed by atoms with E-state index in [-0.39, 0.29) is 0 Å². The van der Waals surface area contributed by atoms with E-state index in [9.17, 15) is 0 Å². The molecule has 0 aliphatic carbocycles. The van der Waals surface area contributed by atoms with Crippen LogP contribution in [0.1, 0.15) is 25.7 Å². The lowest BCUT2D eigenvalue weighted by molar-refractivity contribution is 0.284. The van der Waals surface area contributed by atoms with Crippen LogP contribution >= 0.6 is 11.6 Å². The predicted octanol–water partition coefficient (Wildman–Crippen LogP) is 1.79. The van der Waals surface area contributed by atoms with Crippen LogP contribution < -0.4 is 0 Å². The maximum absolute atomic E-state index is 6.36. The van der Waals surface area contributed by atoms with Crippen molar-refractivity contribution in [3.63, 3.8) is 0 Å². The average molecular weight is 217 g/mol. The number of halogens is 1. The van der Waals surface area contributed by atoms with Crippen molar-refractivity contribution in [2.75, 3.05) is 39.3 Å². The van der Waals surface area contributed by atoms with Crippen molar-refractivity contribution >= 4 is 11.6 Å². The molecule has 2 rings (SSSR count). The molecule has 2 nitrogen and oxygen atoms in total. The Morgan fingerprint density at radius 2 is 1.14 bits per heavy atom. The van der Waals surface area contributed by atoms with E-state index in [2.05, 4.69) is 9.80 Å². The highest BCUT2D eigenvalue weighted by Gasteiger charge is 2.19. The molecule has 2 saturated heterocycles. The Morgan fingerprint density at radius 3 is 1.50 bits per heavy atom. The van der Waals surface area contributed by atoms with Gasteiger partial charge in [-0.15, -0.1) is 11.6 Å². The SMILES string of the molecule is ClC(CN1CCCC1)CN1CCCC1. The summed E-state index contributed by atoms with van der Waals surface area (Å²) in [4.78, 5) is 5.02. The first-order chi connectivity index (χ1) is 6.84. The molecule has 2 aliphatic rings. The second kappa shape index (κ2) is 5.34. The third-order valence-electron chi connectivity index (χ3n) is 3.31. The Labute approximate surface area is 92.2 Å². The molecular formula is C11H21ClN2. The minimum Gasteiger partial charge on any atom is -0.302 e. The van der Waals surface area contributed by atoms with Gasteiger partial charge in [0.25, 0.3) is 0 Å². The predicted molar refractivity (Wildman–Crippen MR) is 61.0 cm³/mol. The van der Waals surface area contributed by atoms with E-state index >= 15 is 0 Å². The summed E-state index contributed by atoms with van der Waals surface area (Å²) in [5.74, 6) is 0. The van der Waals surface area contributed by atoms with Gasteiger partial charge in [0.2, 0.25) is 0 Å². The summed E-state index contributed by atoms with van der Waals surface area (Å²) in [6.45, 7) is 7.26. The molecule has 0 spiro atoms. The first-order valence-corrected chi connectivity index (χ1v) is 6.37. The van der Waals surface area contributed by atoms with Crippen LogP contribution in [0.5, 0.6) is 0 Å². The number of alkyl halides is 1. The van der Waals surface area contributed by atoms with E-state index < -0.39 is 0 Å². The van der Waals surface area contributed by atoms with Gasteiger partial charge in [0, 0.05) is 13.1 Å². The van der Waals surface area contributed by atoms with Crippen molar-refractivity contribution in [1.29, 1.82) is 0 Å². The zero-order valence-corrected chi connectivity index (χ0v) is 9.68. The third kappa shape index (κ3) is 3.11. The minimum atomic E-state index is 0.339. The van der Waals surface area contributed by atoms with Gasteiger partial charge in [-0.1, -0.05) is 0 Å². The van der Waals surface area contributed by atoms with Crippen molar-refractivity contribution in [3.8, 4) is 0 Å². The minimum absolute atomic E-state index is 0.339. The van der Waals surface area contributed by atoms with Crippen LogP contribution in [-0.4, -0.2) is 54.4 Å². The lowest BCUT2D eigenvalue weighted by Gasteiger charge is -2.23. The quantitative estimate of drug-likeness (QED) is 0.662. The average Bonchev–Trinajstić information content (AvgIpc) is 2.76. The number of rotatable bonds is 4. The summed E-state index contributed by atoms with van der Waals surface area (Å²) in [6, 6.07) is 0. The molecule has 0 saturated carbocycles. The molecule has 0 aromatic carbocycles. The smallest absolute Gasteiger partial charge is 0.0590 e. The maximum Gasteiger partial charge on any atom is 0.0590 e. The van der Waals surface area contributed by atoms with Gasteiger partial charge < -0.3 is 9.80 Å². The zero-order valence-electron chi connectivity index (χ0n) is 8.92. The third-order valence-corrected chi connectivity index (χ3v) is 3.59. The fraction of sp³-hybridized carbons (Fsp3) is 1.00. The summed E-state index contributed by atoms with van der Waals surface area (Å²) in [6.07, 6.45) is 5.47. The van der Waals surface area contributed by atoms with Gasteiger partial charge in [0.1, 0.15) is 0 Å². The first kappa shape index (κ1) is 10.7. The second-order valence-corrected chi connectivity index (χ2v) is 5.23. The van der Waals surface area contributed by atoms with E-state index in [0.29, 0.717) is 5.38 Å². The van der Waals surface area contributed by atoms with E-state index in [1.54, 1.807) is 0 Å². The fourth-order valence-electron chi connectivity index (χ4n) is 2.55. The maximum atomic E-state index is 6.36. The van der Waals surface area contributed by atoms with Crippen molar-refractivity contribution in [1.82, 2.24) is 9.80 Å². The van der Waals surface area contributed by atoms with E-state index in [0.717, 1.165) is 13.1 Å². The molecule has 2 fully saturated rings. The van der Waals surface area contributed by atoms with Crippen molar-refractivity contribution < 1.29 is 0 Å². The van der Waals surface area contributed by atoms with Crippen LogP contribution in [0.2, 0.25) is 0 Å². The van der Waals surface area contributed by atoms with Gasteiger partial charge in [-0.2, -0.15) is 0 Å². The Balaban J connectivity index is 1.64. The van der Waals surface area contributed by atoms with Crippen molar-refractivity contribution in [3.05, 3.63) is 0 Å². The molecule has 0 radical (unpaired) electrons. The molecule has 2 aliphatic heterocycles. The largest absolute Gasteiger partial charge is 0.302 e. The molecule has 0 atom stereocenters. The molecular weight excluding hydrogens is 196 g/mol. The van der Waals surface area contributed by atoms with E-state index in [4.69, 9.17) is 11.6 Å². The van der Waals surface area contributed by atoms with Gasteiger partial charge in [-0.25, -0.2) is 0 Å². The normalized spacial score (nSPS) is 25.3. The van der Waals surface area contributed by atoms with Gasteiger partial charge in [0.05, 0.1) is 5.38 Å². The standard InChI is InChI=1S/C11H21ClN2/c12-11(9-13-5-1-2-6-13)10-14-7-3-4-8-14/h11H,1-10H2. The number of likely N-dealkylation sites (tertiary alicyclic amines) is 2. The van der Waals surface area contributed by atoms with Crippen molar-refractivity contribution in [2.24, 2.45) is 0 Å². The van der Waals surface area contributed by atoms with Crippen LogP contribution in [0, 0.1) is 0 Å². The molecule has 14 heavy (non-hydrogen) atoms. The Hall–Kier alpha value is 0.210. The van der Waals surface area contributed by atoms with Crippen LogP contribution in [-0.2, 0) is 0 Å². The van der Waals surface area contributed by atoms with Crippen LogP contribution in [0.25, 0.3) is 0 Å². The van der Waals surface area contributed by atoms with E-state index in [1.165, 1.54) is 51.9 Å². The molecule has 2 heterocycles. The molecule has 0 unspecified atom stereocenters. The summed E-state index contributed by atoms with van der Waals surface area (Å²) >= 11 is 6.36. The number of hydrogen-bond donors (Lipinski definition) is 0. The molecule has 0 N–H and O–H groups in total. The van der Waals surface area contributed by atoms with Gasteiger partial charge in [0.15, 0.2) is 0 Å². The summed E-state index contributed by atoms with van der Waals surface area (Å²) in [7, 11) is 0. The van der Waals surface area contributed by atoms with Crippen LogP contribution in [0.15, 0.2) is 0 Å². The summed E-state index contributed by atoms with van der Waals surface area (Å²) in [5.41, 5.74) is 0. The summed E-state index contributed by atoms with van der Waals surface area (Å²) < 4.78 is 0. The van der Waals surface area contributed by atoms with E-state index in [1.807, 2.05) is 0 Å². The number of nitrogens with zero attached hydrogens (tertiary/aromatic N) is 2. The lowest BCUT2D eigenvalue weighted by atomic mass is 10.3. The van der Waals surface area contributed by atoms with Crippen molar-refractivity contribution in [2.45, 2.75) is 31.1 Å². The topological polar surface area (TPSA) is 6.48 Å². The first-order valence-electron chi connectivity index (χ1n) is 5.93. The fourth-order valence-corrected chi connectivity index (χ4v) is 2.94. The zero-order chi connectivity index (χ0) is 9.80. The molecule has 0 amide bonds. The molecule has 82 valence electrons. The van der Waals surface area contributed by atoms with Gasteiger partial charge in [-0.3, -0.25) is 0 Å². The highest BCUT2D eigenvalue weighted by atomic mass is 35.5. The Kier molecular flexibility index (Phi) is 4.09. The highest BCUT2D eigenvalue weighted by molar-refractivity contribution is 6.21. The van der Waals surface area contributed by atoms with Gasteiger partial charge in [-0.05, 0) is 51.9 Å². The summed E-state index contributed by atoms with van der Waals surface area (Å²) in [5, 5.41) is 0.339. The van der Waals surface area contributed by atoms with Crippen LogP contribution in [0.3, 0.4) is 0 Å². The lowest BCUT2D eigenvalue weighted by Crippen LogP contribution is -2.35. The Bertz CT molecular complexity index is 145. The molecule has 0 bridgehead atoms. The molecule has 3 heteroatoms. The number of hydrogen-bond acceptors (Lipinski definition) is 2. The highest BCUT2D eigenvalue weighted by Crippen LogP contribution is 2.13. The Morgan fingerprint density at radius 1 is 0.786 bits per heavy atom. The monoisotopic (exact) mass is 216 g/mol.